The predicted octanol–water partition coefficient (Wildman–Crippen LogP) is 3.68. The summed E-state index contributed by atoms with van der Waals surface area (Å²) in [5, 5.41) is 6.67. The minimum absolute atomic E-state index is 0.102. The van der Waals surface area contributed by atoms with Crippen molar-refractivity contribution in [1.29, 1.82) is 0 Å². The van der Waals surface area contributed by atoms with Crippen LogP contribution in [0.2, 0.25) is 5.02 Å². The van der Waals surface area contributed by atoms with E-state index < -0.39 is 5.92 Å². The molecule has 1 unspecified atom stereocenters. The molecular weight excluding hydrogens is 412 g/mol. The van der Waals surface area contributed by atoms with Crippen LogP contribution in [0, 0.1) is 5.92 Å². The Balaban J connectivity index is 1.53. The molecule has 1 atom stereocenters. The van der Waals surface area contributed by atoms with E-state index in [2.05, 4.69) is 15.1 Å². The first-order valence-electron chi connectivity index (χ1n) is 8.67. The zero-order valence-corrected chi connectivity index (χ0v) is 16.9. The van der Waals surface area contributed by atoms with E-state index in [4.69, 9.17) is 16.3 Å². The van der Waals surface area contributed by atoms with Crippen molar-refractivity contribution in [3.8, 4) is 5.75 Å². The van der Waals surface area contributed by atoms with Gasteiger partial charge in [0.15, 0.2) is 16.8 Å². The van der Waals surface area contributed by atoms with Crippen molar-refractivity contribution in [2.24, 2.45) is 21.0 Å². The van der Waals surface area contributed by atoms with Crippen molar-refractivity contribution in [3.05, 3.63) is 59.1 Å². The van der Waals surface area contributed by atoms with Crippen molar-refractivity contribution in [1.82, 2.24) is 0 Å². The molecule has 0 saturated heterocycles. The normalized spacial score (nSPS) is 17.7. The van der Waals surface area contributed by atoms with Gasteiger partial charge in [0.2, 0.25) is 0 Å². The van der Waals surface area contributed by atoms with Crippen molar-refractivity contribution < 1.29 is 14.3 Å². The fourth-order valence-corrected chi connectivity index (χ4v) is 3.74. The number of para-hydroxylation sites is 2. The second kappa shape index (κ2) is 8.18. The number of ketones is 1. The highest BCUT2D eigenvalue weighted by atomic mass is 35.5. The molecule has 0 N–H and O–H groups in total. The van der Waals surface area contributed by atoms with E-state index >= 15 is 0 Å². The van der Waals surface area contributed by atoms with Gasteiger partial charge in [-0.15, -0.1) is 0 Å². The Hall–Kier alpha value is -2.97. The van der Waals surface area contributed by atoms with Crippen LogP contribution in [-0.2, 0) is 4.79 Å². The minimum Gasteiger partial charge on any atom is -0.494 e. The largest absolute Gasteiger partial charge is 0.494 e. The molecule has 0 fully saturated rings. The molecule has 7 nitrogen and oxygen atoms in total. The maximum Gasteiger partial charge on any atom is 0.264 e. The molecular formula is C20H15ClN4O3S. The number of benzene rings is 2. The highest BCUT2D eigenvalue weighted by Gasteiger charge is 2.37. The molecule has 0 bridgehead atoms. The van der Waals surface area contributed by atoms with E-state index in [1.165, 1.54) is 6.21 Å². The third kappa shape index (κ3) is 3.94. The van der Waals surface area contributed by atoms with Crippen LogP contribution in [-0.4, -0.2) is 41.8 Å². The number of amides is 1. The molecule has 0 aliphatic carbocycles. The van der Waals surface area contributed by atoms with E-state index in [1.807, 2.05) is 18.2 Å². The number of rotatable bonds is 5. The summed E-state index contributed by atoms with van der Waals surface area (Å²) in [5.41, 5.74) is 1.21. The molecule has 0 saturated carbocycles. The van der Waals surface area contributed by atoms with Crippen molar-refractivity contribution >= 4 is 58.0 Å². The highest BCUT2D eigenvalue weighted by molar-refractivity contribution is 8.14. The number of carbonyl (C=O) groups is 2. The third-order valence-electron chi connectivity index (χ3n) is 4.32. The summed E-state index contributed by atoms with van der Waals surface area (Å²) < 4.78 is 5.38. The average molecular weight is 427 g/mol. The lowest BCUT2D eigenvalue weighted by molar-refractivity contribution is -0.118. The summed E-state index contributed by atoms with van der Waals surface area (Å²) in [6.07, 6.45) is 1.51. The first-order valence-corrected chi connectivity index (χ1v) is 10.0. The second-order valence-corrected chi connectivity index (χ2v) is 7.53. The molecule has 2 heterocycles. The van der Waals surface area contributed by atoms with Crippen LogP contribution in [0.25, 0.3) is 0 Å². The Labute approximate surface area is 176 Å². The van der Waals surface area contributed by atoms with Gasteiger partial charge < -0.3 is 4.74 Å². The summed E-state index contributed by atoms with van der Waals surface area (Å²) in [4.78, 5) is 33.3. The molecule has 29 heavy (non-hydrogen) atoms. The maximum atomic E-state index is 12.4. The topological polar surface area (TPSA) is 83.7 Å². The number of hydrogen-bond acceptors (Lipinski definition) is 7. The zero-order chi connectivity index (χ0) is 20.4. The monoisotopic (exact) mass is 426 g/mol. The Morgan fingerprint density at radius 3 is 2.69 bits per heavy atom. The SMILES string of the molecule is COc1ccccc1N1N=CC2C(=O)N=C(SCC(=O)c3ccc(Cl)cc3)N=C21. The number of Topliss-reactive ketones (excluding diaryl/α,β-unsaturated/α-hetero) is 1. The lowest BCUT2D eigenvalue weighted by Crippen LogP contribution is -2.34. The molecule has 2 aromatic carbocycles. The fourth-order valence-electron chi connectivity index (χ4n) is 2.87. The number of halogens is 1. The lowest BCUT2D eigenvalue weighted by Gasteiger charge is -2.21. The smallest absolute Gasteiger partial charge is 0.264 e. The number of methoxy groups -OCH3 is 1. The van der Waals surface area contributed by atoms with Crippen molar-refractivity contribution in [3.63, 3.8) is 0 Å². The Bertz CT molecular complexity index is 1070. The number of thioether (sulfide) groups is 1. The quantitative estimate of drug-likeness (QED) is 0.681. The van der Waals surface area contributed by atoms with Crippen LogP contribution < -0.4 is 9.75 Å². The third-order valence-corrected chi connectivity index (χ3v) is 5.42. The van der Waals surface area contributed by atoms with Gasteiger partial charge in [-0.2, -0.15) is 10.1 Å². The van der Waals surface area contributed by atoms with E-state index in [0.717, 1.165) is 11.8 Å². The lowest BCUT2D eigenvalue weighted by atomic mass is 10.1. The van der Waals surface area contributed by atoms with E-state index in [0.29, 0.717) is 27.9 Å². The fraction of sp³-hybridized carbons (Fsp3) is 0.150. The van der Waals surface area contributed by atoms with Crippen LogP contribution in [0.15, 0.2) is 63.6 Å². The summed E-state index contributed by atoms with van der Waals surface area (Å²) >= 11 is 6.96. The number of hydrazone groups is 1. The van der Waals surface area contributed by atoms with Gasteiger partial charge >= 0.3 is 0 Å². The van der Waals surface area contributed by atoms with Crippen LogP contribution in [0.5, 0.6) is 5.75 Å². The summed E-state index contributed by atoms with van der Waals surface area (Å²) in [6.45, 7) is 0. The van der Waals surface area contributed by atoms with Gasteiger partial charge in [-0.05, 0) is 36.4 Å². The average Bonchev–Trinajstić information content (AvgIpc) is 3.17. The molecule has 0 radical (unpaired) electrons. The number of carbonyl (C=O) groups excluding carboxylic acids is 2. The first kappa shape index (κ1) is 19.4. The number of fused-ring (bicyclic) bond motifs is 1. The number of anilines is 1. The van der Waals surface area contributed by atoms with Gasteiger partial charge in [0, 0.05) is 16.8 Å². The summed E-state index contributed by atoms with van der Waals surface area (Å²) in [7, 11) is 1.56. The molecule has 0 aromatic heterocycles. The van der Waals surface area contributed by atoms with E-state index in [-0.39, 0.29) is 22.6 Å². The van der Waals surface area contributed by atoms with Gasteiger partial charge in [0.25, 0.3) is 5.91 Å². The Kier molecular flexibility index (Phi) is 5.46. The molecule has 4 rings (SSSR count). The molecule has 0 spiro atoms. The number of ether oxygens (including phenoxy) is 1. The molecule has 146 valence electrons. The molecule has 2 aliphatic heterocycles. The maximum absolute atomic E-state index is 12.4. The molecule has 2 aliphatic rings. The van der Waals surface area contributed by atoms with Gasteiger partial charge in [-0.1, -0.05) is 35.5 Å². The summed E-state index contributed by atoms with van der Waals surface area (Å²) in [5.74, 6) is 0.0401. The Morgan fingerprint density at radius 2 is 1.93 bits per heavy atom. The van der Waals surface area contributed by atoms with E-state index in [9.17, 15) is 9.59 Å². The first-order chi connectivity index (χ1) is 14.1. The standard InChI is InChI=1S/C20H15ClN4O3S/c1-28-17-5-3-2-4-15(17)25-18-14(10-22-25)19(27)24-20(23-18)29-11-16(26)12-6-8-13(21)9-7-12/h2-10,14H,11H2,1H3. The molecule has 1 amide bonds. The summed E-state index contributed by atoms with van der Waals surface area (Å²) in [6, 6.07) is 14.0. The molecule has 9 heteroatoms. The highest BCUT2D eigenvalue weighted by Crippen LogP contribution is 2.33. The van der Waals surface area contributed by atoms with Gasteiger partial charge in [0.05, 0.1) is 12.9 Å². The van der Waals surface area contributed by atoms with Crippen molar-refractivity contribution in [2.45, 2.75) is 0 Å². The van der Waals surface area contributed by atoms with Gasteiger partial charge in [-0.25, -0.2) is 10.0 Å². The number of hydrogen-bond donors (Lipinski definition) is 0. The van der Waals surface area contributed by atoms with Crippen molar-refractivity contribution in [2.75, 3.05) is 17.9 Å². The predicted molar refractivity (Wildman–Crippen MR) is 116 cm³/mol. The molecule has 2 aromatic rings. The van der Waals surface area contributed by atoms with Gasteiger partial charge in [-0.3, -0.25) is 9.59 Å². The van der Waals surface area contributed by atoms with E-state index in [1.54, 1.807) is 42.5 Å². The zero-order valence-electron chi connectivity index (χ0n) is 15.3. The Morgan fingerprint density at radius 1 is 1.17 bits per heavy atom. The number of nitrogens with zero attached hydrogens (tertiary/aromatic N) is 4. The van der Waals surface area contributed by atoms with Crippen LogP contribution in [0.4, 0.5) is 5.69 Å². The van der Waals surface area contributed by atoms with Gasteiger partial charge in [0.1, 0.15) is 17.4 Å². The van der Waals surface area contributed by atoms with Crippen LogP contribution in [0.3, 0.4) is 0 Å². The van der Waals surface area contributed by atoms with Crippen LogP contribution >= 0.6 is 23.4 Å². The number of aliphatic imine (C=N–C) groups is 2. The minimum atomic E-state index is -0.642. The number of amidine groups is 2. The second-order valence-electron chi connectivity index (χ2n) is 6.15. The van der Waals surface area contributed by atoms with Crippen LogP contribution in [0.1, 0.15) is 10.4 Å².